The van der Waals surface area contributed by atoms with Crippen molar-refractivity contribution in [3.05, 3.63) is 76.8 Å². The summed E-state index contributed by atoms with van der Waals surface area (Å²) in [5.41, 5.74) is 6.66. The van der Waals surface area contributed by atoms with Crippen LogP contribution in [0, 0.1) is 0 Å². The minimum atomic E-state index is 0.899. The monoisotopic (exact) mass is 349 g/mol. The molecule has 25 heavy (non-hydrogen) atoms. The van der Waals surface area contributed by atoms with Crippen molar-refractivity contribution < 1.29 is 0 Å². The maximum atomic E-state index is 6.94. The fourth-order valence-electron chi connectivity index (χ4n) is 3.26. The molecule has 0 bridgehead atoms. The second-order valence-electron chi connectivity index (χ2n) is 6.31. The summed E-state index contributed by atoms with van der Waals surface area (Å²) in [6.45, 7) is 4.38. The number of pyridine rings is 1. The van der Waals surface area contributed by atoms with Crippen molar-refractivity contribution in [1.29, 1.82) is 0 Å². The van der Waals surface area contributed by atoms with E-state index in [1.165, 1.54) is 11.1 Å². The average molecular weight is 350 g/mol. The van der Waals surface area contributed by atoms with Crippen LogP contribution >= 0.6 is 11.6 Å². The first-order valence-corrected chi connectivity index (χ1v) is 9.46. The third kappa shape index (κ3) is 3.77. The fraction of sp³-hybridized carbons (Fsp3) is 0.261. The molecule has 0 N–H and O–H groups in total. The van der Waals surface area contributed by atoms with E-state index in [4.69, 9.17) is 16.6 Å². The first-order valence-electron chi connectivity index (χ1n) is 9.08. The van der Waals surface area contributed by atoms with Crippen LogP contribution in [0.15, 0.2) is 60.7 Å². The highest BCUT2D eigenvalue weighted by Gasteiger charge is 2.19. The number of benzene rings is 2. The Hall–Kier alpha value is -2.12. The van der Waals surface area contributed by atoms with Crippen LogP contribution in [0.2, 0.25) is 5.02 Å². The SMILES string of the molecule is CCCc1c(-c2ccccc2)nc(-c2ccccc2)c(CCC)c1Cl. The molecule has 1 aromatic heterocycles. The number of aromatic nitrogens is 1. The molecule has 2 heteroatoms. The van der Waals surface area contributed by atoms with Gasteiger partial charge in [0.15, 0.2) is 0 Å². The van der Waals surface area contributed by atoms with Gasteiger partial charge in [-0.3, -0.25) is 0 Å². The van der Waals surface area contributed by atoms with Crippen LogP contribution in [0.4, 0.5) is 0 Å². The van der Waals surface area contributed by atoms with Gasteiger partial charge in [0.1, 0.15) is 0 Å². The molecule has 1 nitrogen and oxygen atoms in total. The molecule has 2 aromatic carbocycles. The van der Waals surface area contributed by atoms with Crippen LogP contribution in [0.1, 0.15) is 37.8 Å². The summed E-state index contributed by atoms with van der Waals surface area (Å²) < 4.78 is 0. The van der Waals surface area contributed by atoms with Crippen molar-refractivity contribution in [2.45, 2.75) is 39.5 Å². The Balaban J connectivity index is 2.29. The molecule has 0 fully saturated rings. The molecule has 3 rings (SSSR count). The van der Waals surface area contributed by atoms with Crippen molar-refractivity contribution in [3.63, 3.8) is 0 Å². The number of nitrogens with zero attached hydrogens (tertiary/aromatic N) is 1. The van der Waals surface area contributed by atoms with E-state index in [0.717, 1.165) is 53.2 Å². The smallest absolute Gasteiger partial charge is 0.0756 e. The molecule has 0 aliphatic rings. The molecule has 0 spiro atoms. The lowest BCUT2D eigenvalue weighted by atomic mass is 9.94. The Morgan fingerprint density at radius 3 is 1.44 bits per heavy atom. The second kappa shape index (κ2) is 8.31. The molecule has 0 atom stereocenters. The number of hydrogen-bond acceptors (Lipinski definition) is 1. The normalized spacial score (nSPS) is 10.8. The van der Waals surface area contributed by atoms with E-state index >= 15 is 0 Å². The highest BCUT2D eigenvalue weighted by molar-refractivity contribution is 6.33. The molecule has 3 aromatic rings. The lowest BCUT2D eigenvalue weighted by Gasteiger charge is -2.18. The summed E-state index contributed by atoms with van der Waals surface area (Å²) in [6, 6.07) is 20.8. The lowest BCUT2D eigenvalue weighted by molar-refractivity contribution is 0.887. The number of hydrogen-bond donors (Lipinski definition) is 0. The van der Waals surface area contributed by atoms with Gasteiger partial charge in [0, 0.05) is 11.1 Å². The third-order valence-electron chi connectivity index (χ3n) is 4.42. The maximum absolute atomic E-state index is 6.94. The fourth-order valence-corrected chi connectivity index (χ4v) is 3.63. The molecule has 0 radical (unpaired) electrons. The Morgan fingerprint density at radius 1 is 0.680 bits per heavy atom. The van der Waals surface area contributed by atoms with Gasteiger partial charge in [-0.1, -0.05) is 99.0 Å². The zero-order valence-corrected chi connectivity index (χ0v) is 15.7. The van der Waals surface area contributed by atoms with E-state index in [-0.39, 0.29) is 0 Å². The van der Waals surface area contributed by atoms with Crippen LogP contribution in [0.5, 0.6) is 0 Å². The van der Waals surface area contributed by atoms with Crippen LogP contribution in [-0.2, 0) is 12.8 Å². The Labute approximate surface area is 155 Å². The van der Waals surface area contributed by atoms with Crippen molar-refractivity contribution in [2.24, 2.45) is 0 Å². The third-order valence-corrected chi connectivity index (χ3v) is 4.88. The van der Waals surface area contributed by atoms with Gasteiger partial charge < -0.3 is 0 Å². The molecule has 128 valence electrons. The summed E-state index contributed by atoms with van der Waals surface area (Å²) in [7, 11) is 0. The largest absolute Gasteiger partial charge is 0.247 e. The molecular formula is C23H24ClN. The van der Waals surface area contributed by atoms with Gasteiger partial charge >= 0.3 is 0 Å². The van der Waals surface area contributed by atoms with Gasteiger partial charge in [0.25, 0.3) is 0 Å². The van der Waals surface area contributed by atoms with Crippen LogP contribution in [-0.4, -0.2) is 4.98 Å². The van der Waals surface area contributed by atoms with Gasteiger partial charge in [-0.25, -0.2) is 4.98 Å². The summed E-state index contributed by atoms with van der Waals surface area (Å²) in [5, 5.41) is 0.899. The highest BCUT2D eigenvalue weighted by Crippen LogP contribution is 2.37. The van der Waals surface area contributed by atoms with E-state index in [1.54, 1.807) is 0 Å². The molecular weight excluding hydrogens is 326 g/mol. The first-order chi connectivity index (χ1) is 12.3. The van der Waals surface area contributed by atoms with Gasteiger partial charge in [-0.2, -0.15) is 0 Å². The van der Waals surface area contributed by atoms with Gasteiger partial charge in [-0.05, 0) is 24.0 Å². The summed E-state index contributed by atoms with van der Waals surface area (Å²) in [5.74, 6) is 0. The van der Waals surface area contributed by atoms with E-state index < -0.39 is 0 Å². The first kappa shape index (κ1) is 17.7. The minimum absolute atomic E-state index is 0.899. The molecule has 0 aliphatic heterocycles. The van der Waals surface area contributed by atoms with E-state index in [0.29, 0.717) is 0 Å². The standard InChI is InChI=1S/C23H24ClN/c1-3-11-19-21(24)20(12-4-2)23(18-15-9-6-10-16-18)25-22(19)17-13-7-5-8-14-17/h5-10,13-16H,3-4,11-12H2,1-2H3. The highest BCUT2D eigenvalue weighted by atomic mass is 35.5. The van der Waals surface area contributed by atoms with E-state index in [1.807, 2.05) is 12.1 Å². The van der Waals surface area contributed by atoms with Crippen molar-refractivity contribution in [2.75, 3.05) is 0 Å². The lowest BCUT2D eigenvalue weighted by Crippen LogP contribution is -2.03. The average Bonchev–Trinajstić information content (AvgIpc) is 2.67. The predicted octanol–water partition coefficient (Wildman–Crippen LogP) is 6.97. The molecule has 0 unspecified atom stereocenters. The van der Waals surface area contributed by atoms with Gasteiger partial charge in [-0.15, -0.1) is 0 Å². The van der Waals surface area contributed by atoms with Crippen LogP contribution in [0.3, 0.4) is 0 Å². The van der Waals surface area contributed by atoms with E-state index in [9.17, 15) is 0 Å². The zero-order valence-electron chi connectivity index (χ0n) is 14.9. The second-order valence-corrected chi connectivity index (χ2v) is 6.69. The van der Waals surface area contributed by atoms with Crippen LogP contribution < -0.4 is 0 Å². The van der Waals surface area contributed by atoms with Gasteiger partial charge in [0.05, 0.1) is 16.4 Å². The van der Waals surface area contributed by atoms with Crippen molar-refractivity contribution >= 4 is 11.6 Å². The zero-order chi connectivity index (χ0) is 17.6. The molecule has 1 heterocycles. The maximum Gasteiger partial charge on any atom is 0.0756 e. The minimum Gasteiger partial charge on any atom is -0.247 e. The quantitative estimate of drug-likeness (QED) is 0.468. The van der Waals surface area contributed by atoms with E-state index in [2.05, 4.69) is 62.4 Å². The number of rotatable bonds is 6. The van der Waals surface area contributed by atoms with Crippen molar-refractivity contribution in [3.8, 4) is 22.5 Å². The molecule has 0 aliphatic carbocycles. The Kier molecular flexibility index (Phi) is 5.88. The molecule has 0 amide bonds. The summed E-state index contributed by atoms with van der Waals surface area (Å²) in [4.78, 5) is 5.13. The Morgan fingerprint density at radius 2 is 1.08 bits per heavy atom. The van der Waals surface area contributed by atoms with Gasteiger partial charge in [0.2, 0.25) is 0 Å². The molecule has 0 saturated carbocycles. The summed E-state index contributed by atoms with van der Waals surface area (Å²) in [6.07, 6.45) is 4.00. The van der Waals surface area contributed by atoms with Crippen molar-refractivity contribution in [1.82, 2.24) is 4.98 Å². The molecule has 0 saturated heterocycles. The Bertz CT molecular complexity index is 758. The summed E-state index contributed by atoms with van der Waals surface area (Å²) >= 11 is 6.94. The topological polar surface area (TPSA) is 12.9 Å². The number of halogens is 1. The van der Waals surface area contributed by atoms with Crippen LogP contribution in [0.25, 0.3) is 22.5 Å². The predicted molar refractivity (Wildman–Crippen MR) is 108 cm³/mol.